The highest BCUT2D eigenvalue weighted by Gasteiger charge is 2.10. The van der Waals surface area contributed by atoms with Gasteiger partial charge in [-0.15, -0.1) is 0 Å². The Balaban J connectivity index is 3.77. The summed E-state index contributed by atoms with van der Waals surface area (Å²) < 4.78 is 29.5. The van der Waals surface area contributed by atoms with Gasteiger partial charge in [0.2, 0.25) is 0 Å². The van der Waals surface area contributed by atoms with Gasteiger partial charge < -0.3 is 0 Å². The Morgan fingerprint density at radius 1 is 1.46 bits per heavy atom. The summed E-state index contributed by atoms with van der Waals surface area (Å²) in [5, 5.41) is 0. The average Bonchev–Trinajstić information content (AvgIpc) is 1.81. The van der Waals surface area contributed by atoms with E-state index in [1.54, 1.807) is 0 Å². The summed E-state index contributed by atoms with van der Waals surface area (Å²) >= 11 is 0. The molecular formula is C9H18O3S. The standard InChI is InChI=1S/C9H18O3S/c1-8(2)5-4-6-9(3)7-13(10,11)12/h5,9H,4,6-7H2,1-3H3,(H,10,11,12)/t9-/m0/s1. The van der Waals surface area contributed by atoms with Crippen molar-refractivity contribution < 1.29 is 13.0 Å². The van der Waals surface area contributed by atoms with Gasteiger partial charge in [-0.05, 0) is 32.6 Å². The van der Waals surface area contributed by atoms with Crippen molar-refractivity contribution in [3.05, 3.63) is 11.6 Å². The third-order valence-electron chi connectivity index (χ3n) is 1.71. The molecule has 0 fully saturated rings. The molecular weight excluding hydrogens is 188 g/mol. The summed E-state index contributed by atoms with van der Waals surface area (Å²) in [6, 6.07) is 0. The van der Waals surface area contributed by atoms with Crippen LogP contribution >= 0.6 is 0 Å². The molecule has 0 saturated carbocycles. The van der Waals surface area contributed by atoms with E-state index in [-0.39, 0.29) is 11.7 Å². The van der Waals surface area contributed by atoms with E-state index in [2.05, 4.69) is 6.08 Å². The third kappa shape index (κ3) is 9.56. The van der Waals surface area contributed by atoms with E-state index < -0.39 is 10.1 Å². The van der Waals surface area contributed by atoms with E-state index in [1.807, 2.05) is 20.8 Å². The molecule has 0 aromatic rings. The van der Waals surface area contributed by atoms with Crippen LogP contribution in [0.25, 0.3) is 0 Å². The van der Waals surface area contributed by atoms with Crippen LogP contribution in [0, 0.1) is 5.92 Å². The smallest absolute Gasteiger partial charge is 0.265 e. The van der Waals surface area contributed by atoms with Crippen LogP contribution in [0.15, 0.2) is 11.6 Å². The van der Waals surface area contributed by atoms with Gasteiger partial charge in [-0.3, -0.25) is 4.55 Å². The van der Waals surface area contributed by atoms with Gasteiger partial charge >= 0.3 is 0 Å². The highest BCUT2D eigenvalue weighted by atomic mass is 32.2. The fourth-order valence-corrected chi connectivity index (χ4v) is 1.99. The highest BCUT2D eigenvalue weighted by Crippen LogP contribution is 2.09. The van der Waals surface area contributed by atoms with Gasteiger partial charge in [0, 0.05) is 0 Å². The lowest BCUT2D eigenvalue weighted by Crippen LogP contribution is -2.12. The molecule has 0 radical (unpaired) electrons. The van der Waals surface area contributed by atoms with Crippen molar-refractivity contribution in [2.75, 3.05) is 5.75 Å². The van der Waals surface area contributed by atoms with Gasteiger partial charge in [-0.25, -0.2) is 0 Å². The molecule has 0 saturated heterocycles. The second-order valence-corrected chi connectivity index (χ2v) is 5.21. The molecule has 1 N–H and O–H groups in total. The third-order valence-corrected chi connectivity index (χ3v) is 2.70. The van der Waals surface area contributed by atoms with E-state index >= 15 is 0 Å². The molecule has 0 amide bonds. The Labute approximate surface area is 80.6 Å². The van der Waals surface area contributed by atoms with Crippen LogP contribution < -0.4 is 0 Å². The summed E-state index contributed by atoms with van der Waals surface area (Å²) in [5.41, 5.74) is 1.24. The lowest BCUT2D eigenvalue weighted by molar-refractivity contribution is 0.464. The van der Waals surface area contributed by atoms with Crippen molar-refractivity contribution in [3.8, 4) is 0 Å². The minimum absolute atomic E-state index is 0.0191. The molecule has 0 aliphatic heterocycles. The van der Waals surface area contributed by atoms with E-state index in [9.17, 15) is 8.42 Å². The quantitative estimate of drug-likeness (QED) is 0.554. The zero-order valence-electron chi connectivity index (χ0n) is 8.45. The normalized spacial score (nSPS) is 13.8. The first-order valence-electron chi connectivity index (χ1n) is 4.40. The van der Waals surface area contributed by atoms with Gasteiger partial charge in [-0.1, -0.05) is 18.6 Å². The van der Waals surface area contributed by atoms with Crippen molar-refractivity contribution in [3.63, 3.8) is 0 Å². The van der Waals surface area contributed by atoms with Gasteiger partial charge in [0.15, 0.2) is 0 Å². The molecule has 3 nitrogen and oxygen atoms in total. The molecule has 4 heteroatoms. The van der Waals surface area contributed by atoms with Gasteiger partial charge in [0.05, 0.1) is 5.75 Å². The lowest BCUT2D eigenvalue weighted by atomic mass is 10.1. The predicted molar refractivity (Wildman–Crippen MR) is 54.2 cm³/mol. The maximum absolute atomic E-state index is 10.5. The summed E-state index contributed by atoms with van der Waals surface area (Å²) in [6.45, 7) is 5.84. The maximum atomic E-state index is 10.5. The molecule has 0 bridgehead atoms. The number of allylic oxidation sites excluding steroid dienone is 2. The minimum atomic E-state index is -3.79. The number of rotatable bonds is 5. The molecule has 78 valence electrons. The maximum Gasteiger partial charge on any atom is 0.265 e. The summed E-state index contributed by atoms with van der Waals surface area (Å²) in [4.78, 5) is 0. The highest BCUT2D eigenvalue weighted by molar-refractivity contribution is 7.85. The zero-order valence-corrected chi connectivity index (χ0v) is 9.26. The second kappa shape index (κ2) is 5.40. The monoisotopic (exact) mass is 206 g/mol. The van der Waals surface area contributed by atoms with Crippen molar-refractivity contribution in [2.45, 2.75) is 33.6 Å². The molecule has 1 atom stereocenters. The Bertz CT molecular complexity index is 261. The number of hydrogen-bond acceptors (Lipinski definition) is 2. The van der Waals surface area contributed by atoms with Crippen LogP contribution in [-0.2, 0) is 10.1 Å². The molecule has 0 aromatic carbocycles. The van der Waals surface area contributed by atoms with E-state index in [4.69, 9.17) is 4.55 Å². The van der Waals surface area contributed by atoms with Gasteiger partial charge in [0.25, 0.3) is 10.1 Å². The first-order chi connectivity index (χ1) is 5.81. The summed E-state index contributed by atoms with van der Waals surface area (Å²) in [7, 11) is -3.79. The Morgan fingerprint density at radius 2 is 2.00 bits per heavy atom. The Hall–Kier alpha value is -0.350. The summed E-state index contributed by atoms with van der Waals surface area (Å²) in [5.74, 6) is -0.116. The molecule has 13 heavy (non-hydrogen) atoms. The molecule has 0 aliphatic carbocycles. The fraction of sp³-hybridized carbons (Fsp3) is 0.778. The van der Waals surface area contributed by atoms with Crippen LogP contribution in [0.5, 0.6) is 0 Å². The van der Waals surface area contributed by atoms with Crippen LogP contribution in [0.3, 0.4) is 0 Å². The summed E-state index contributed by atoms with van der Waals surface area (Å²) in [6.07, 6.45) is 3.74. The van der Waals surface area contributed by atoms with E-state index in [0.717, 1.165) is 12.8 Å². The van der Waals surface area contributed by atoms with Gasteiger partial charge in [-0.2, -0.15) is 8.42 Å². The lowest BCUT2D eigenvalue weighted by Gasteiger charge is -2.06. The molecule has 0 aliphatic rings. The zero-order chi connectivity index (χ0) is 10.5. The van der Waals surface area contributed by atoms with E-state index in [0.29, 0.717) is 0 Å². The number of hydrogen-bond donors (Lipinski definition) is 1. The second-order valence-electron chi connectivity index (χ2n) is 3.71. The average molecular weight is 206 g/mol. The largest absolute Gasteiger partial charge is 0.286 e. The van der Waals surface area contributed by atoms with Crippen LogP contribution in [0.4, 0.5) is 0 Å². The van der Waals surface area contributed by atoms with Crippen molar-refractivity contribution in [1.29, 1.82) is 0 Å². The minimum Gasteiger partial charge on any atom is -0.286 e. The molecule has 0 spiro atoms. The van der Waals surface area contributed by atoms with E-state index in [1.165, 1.54) is 5.57 Å². The Kier molecular flexibility index (Phi) is 5.25. The molecule has 0 aromatic heterocycles. The molecule has 0 rings (SSSR count). The van der Waals surface area contributed by atoms with Crippen molar-refractivity contribution in [1.82, 2.24) is 0 Å². The molecule has 0 heterocycles. The Morgan fingerprint density at radius 3 is 2.38 bits per heavy atom. The van der Waals surface area contributed by atoms with Crippen molar-refractivity contribution >= 4 is 10.1 Å². The van der Waals surface area contributed by atoms with Gasteiger partial charge in [0.1, 0.15) is 0 Å². The van der Waals surface area contributed by atoms with Crippen LogP contribution in [0.2, 0.25) is 0 Å². The van der Waals surface area contributed by atoms with Crippen LogP contribution in [0.1, 0.15) is 33.6 Å². The topological polar surface area (TPSA) is 54.4 Å². The van der Waals surface area contributed by atoms with Crippen molar-refractivity contribution in [2.24, 2.45) is 5.92 Å². The predicted octanol–water partition coefficient (Wildman–Crippen LogP) is 2.26. The first kappa shape index (κ1) is 12.7. The molecule has 0 unspecified atom stereocenters. The SMILES string of the molecule is CC(C)=CCC[C@H](C)CS(=O)(=O)O. The fourth-order valence-electron chi connectivity index (χ4n) is 1.10. The van der Waals surface area contributed by atoms with Crippen LogP contribution in [-0.4, -0.2) is 18.7 Å². The first-order valence-corrected chi connectivity index (χ1v) is 6.00.